The van der Waals surface area contributed by atoms with E-state index in [1.54, 1.807) is 4.68 Å². The molecular weight excluding hydrogens is 374 g/mol. The molecule has 0 bridgehead atoms. The van der Waals surface area contributed by atoms with E-state index >= 15 is 0 Å². The zero-order valence-corrected chi connectivity index (χ0v) is 17.9. The quantitative estimate of drug-likeness (QED) is 0.658. The van der Waals surface area contributed by atoms with Gasteiger partial charge in [-0.2, -0.15) is 5.10 Å². The van der Waals surface area contributed by atoms with Crippen LogP contribution in [0.4, 0.5) is 0 Å². The second kappa shape index (κ2) is 7.04. The molecule has 6 nitrogen and oxygen atoms in total. The highest BCUT2D eigenvalue weighted by Gasteiger charge is 2.45. The molecule has 1 amide bonds. The predicted molar refractivity (Wildman–Crippen MR) is 115 cm³/mol. The number of nitrogens with zero attached hydrogens (tertiary/aromatic N) is 5. The highest BCUT2D eigenvalue weighted by Crippen LogP contribution is 2.44. The van der Waals surface area contributed by atoms with Crippen molar-refractivity contribution in [2.75, 3.05) is 13.1 Å². The van der Waals surface area contributed by atoms with Crippen LogP contribution in [-0.4, -0.2) is 43.6 Å². The van der Waals surface area contributed by atoms with Crippen LogP contribution in [0.1, 0.15) is 52.3 Å². The smallest absolute Gasteiger partial charge is 0.272 e. The molecule has 1 saturated heterocycles. The van der Waals surface area contributed by atoms with Crippen molar-refractivity contribution < 1.29 is 4.79 Å². The fourth-order valence-corrected chi connectivity index (χ4v) is 5.18. The van der Waals surface area contributed by atoms with Crippen molar-refractivity contribution >= 4 is 5.91 Å². The first-order valence-corrected chi connectivity index (χ1v) is 10.7. The van der Waals surface area contributed by atoms with Crippen LogP contribution in [0, 0.1) is 13.8 Å². The Kier molecular flexibility index (Phi) is 4.45. The van der Waals surface area contributed by atoms with Crippen LogP contribution in [0.5, 0.6) is 0 Å². The fraction of sp³-hybridized carbons (Fsp3) is 0.417. The molecule has 1 aromatic carbocycles. The molecule has 6 heteroatoms. The first-order chi connectivity index (χ1) is 14.5. The lowest BCUT2D eigenvalue weighted by Gasteiger charge is -2.40. The van der Waals surface area contributed by atoms with Crippen LogP contribution in [0.3, 0.4) is 0 Å². The minimum Gasteiger partial charge on any atom is -0.336 e. The lowest BCUT2D eigenvalue weighted by molar-refractivity contribution is 0.0621. The van der Waals surface area contributed by atoms with E-state index in [1.165, 1.54) is 5.56 Å². The van der Waals surface area contributed by atoms with Crippen molar-refractivity contribution in [2.24, 2.45) is 7.05 Å². The number of likely N-dealkylation sites (tertiary alicyclic amines) is 1. The zero-order chi connectivity index (χ0) is 20.9. The summed E-state index contributed by atoms with van der Waals surface area (Å²) >= 11 is 0. The molecule has 1 fully saturated rings. The van der Waals surface area contributed by atoms with Gasteiger partial charge in [0.2, 0.25) is 0 Å². The second-order valence-corrected chi connectivity index (χ2v) is 8.73. The van der Waals surface area contributed by atoms with E-state index in [0.29, 0.717) is 12.2 Å². The molecule has 0 saturated carbocycles. The highest BCUT2D eigenvalue weighted by molar-refractivity contribution is 5.94. The summed E-state index contributed by atoms with van der Waals surface area (Å²) in [6.07, 6.45) is 6.07. The maximum Gasteiger partial charge on any atom is 0.272 e. The summed E-state index contributed by atoms with van der Waals surface area (Å²) in [7, 11) is 1.86. The van der Waals surface area contributed by atoms with E-state index < -0.39 is 0 Å². The first kappa shape index (κ1) is 19.0. The molecule has 1 aliphatic carbocycles. The number of amides is 1. The third kappa shape index (κ3) is 2.93. The molecule has 30 heavy (non-hydrogen) atoms. The van der Waals surface area contributed by atoms with E-state index in [0.717, 1.165) is 60.6 Å². The normalized spacial score (nSPS) is 20.6. The van der Waals surface area contributed by atoms with Gasteiger partial charge in [-0.05, 0) is 45.1 Å². The average Bonchev–Trinajstić information content (AvgIpc) is 3.24. The number of aryl methyl sites for hydroxylation is 3. The van der Waals surface area contributed by atoms with Crippen LogP contribution >= 0.6 is 0 Å². The Bertz CT molecular complexity index is 1120. The van der Waals surface area contributed by atoms with Gasteiger partial charge in [0.1, 0.15) is 5.69 Å². The molecule has 0 radical (unpaired) electrons. The molecule has 2 aromatic heterocycles. The van der Waals surface area contributed by atoms with Gasteiger partial charge >= 0.3 is 0 Å². The van der Waals surface area contributed by atoms with Crippen molar-refractivity contribution in [3.63, 3.8) is 0 Å². The molecule has 3 aromatic rings. The SMILES string of the molecule is Cc1nn(C)c(C(=O)N2CCCC3(CCc4cnc(-c5ccccc5)nc43)C2)c1C. The molecule has 2 aliphatic rings. The number of hydrogen-bond acceptors (Lipinski definition) is 4. The summed E-state index contributed by atoms with van der Waals surface area (Å²) < 4.78 is 1.73. The summed E-state index contributed by atoms with van der Waals surface area (Å²) in [5.74, 6) is 0.859. The summed E-state index contributed by atoms with van der Waals surface area (Å²) in [6.45, 7) is 5.45. The van der Waals surface area contributed by atoms with Crippen molar-refractivity contribution in [1.29, 1.82) is 0 Å². The summed E-state index contributed by atoms with van der Waals surface area (Å²) in [4.78, 5) is 25.1. The second-order valence-electron chi connectivity index (χ2n) is 8.73. The molecule has 1 atom stereocenters. The molecule has 5 rings (SSSR count). The molecule has 1 spiro atoms. The number of piperidine rings is 1. The van der Waals surface area contributed by atoms with E-state index in [2.05, 4.69) is 10.1 Å². The van der Waals surface area contributed by atoms with Gasteiger partial charge in [-0.1, -0.05) is 30.3 Å². The van der Waals surface area contributed by atoms with Crippen molar-refractivity contribution in [3.05, 3.63) is 64.7 Å². The summed E-state index contributed by atoms with van der Waals surface area (Å²) in [5.41, 5.74) is 5.93. The number of carbonyl (C=O) groups excluding carboxylic acids is 1. The van der Waals surface area contributed by atoms with E-state index in [-0.39, 0.29) is 11.3 Å². The Morgan fingerprint density at radius 1 is 1.13 bits per heavy atom. The number of aromatic nitrogens is 4. The molecule has 1 aliphatic heterocycles. The van der Waals surface area contributed by atoms with Gasteiger partial charge in [0.15, 0.2) is 5.82 Å². The minimum absolute atomic E-state index is 0.0722. The van der Waals surface area contributed by atoms with Crippen LogP contribution in [0.15, 0.2) is 36.5 Å². The molecule has 1 unspecified atom stereocenters. The zero-order valence-electron chi connectivity index (χ0n) is 17.9. The molecule has 3 heterocycles. The Balaban J connectivity index is 1.49. The minimum atomic E-state index is -0.0722. The number of benzene rings is 1. The van der Waals surface area contributed by atoms with Gasteiger partial charge in [-0.3, -0.25) is 9.48 Å². The Labute approximate surface area is 177 Å². The number of hydrogen-bond donors (Lipinski definition) is 0. The maximum absolute atomic E-state index is 13.4. The van der Waals surface area contributed by atoms with Crippen molar-refractivity contribution in [2.45, 2.75) is 44.9 Å². The van der Waals surface area contributed by atoms with Crippen molar-refractivity contribution in [1.82, 2.24) is 24.6 Å². The van der Waals surface area contributed by atoms with Gasteiger partial charge in [-0.25, -0.2) is 9.97 Å². The fourth-order valence-electron chi connectivity index (χ4n) is 5.18. The topological polar surface area (TPSA) is 63.9 Å². The van der Waals surface area contributed by atoms with Crippen LogP contribution in [0.2, 0.25) is 0 Å². The highest BCUT2D eigenvalue weighted by atomic mass is 16.2. The van der Waals surface area contributed by atoms with Gasteiger partial charge < -0.3 is 4.90 Å². The van der Waals surface area contributed by atoms with E-state index in [9.17, 15) is 4.79 Å². The maximum atomic E-state index is 13.4. The van der Waals surface area contributed by atoms with Crippen molar-refractivity contribution in [3.8, 4) is 11.4 Å². The van der Waals surface area contributed by atoms with Gasteiger partial charge in [-0.15, -0.1) is 0 Å². The van der Waals surface area contributed by atoms with Gasteiger partial charge in [0.25, 0.3) is 5.91 Å². The molecule has 154 valence electrons. The van der Waals surface area contributed by atoms with Gasteiger partial charge in [0, 0.05) is 42.9 Å². The van der Waals surface area contributed by atoms with Crippen LogP contribution in [0.25, 0.3) is 11.4 Å². The summed E-state index contributed by atoms with van der Waals surface area (Å²) in [6, 6.07) is 10.1. The largest absolute Gasteiger partial charge is 0.336 e. The lowest BCUT2D eigenvalue weighted by Crippen LogP contribution is -2.48. The predicted octanol–water partition coefficient (Wildman–Crippen LogP) is 3.61. The Morgan fingerprint density at radius 3 is 2.67 bits per heavy atom. The van der Waals surface area contributed by atoms with E-state index in [1.807, 2.05) is 62.3 Å². The number of carbonyl (C=O) groups is 1. The van der Waals surface area contributed by atoms with Gasteiger partial charge in [0.05, 0.1) is 11.4 Å². The molecule has 0 N–H and O–H groups in total. The van der Waals surface area contributed by atoms with Crippen LogP contribution in [-0.2, 0) is 18.9 Å². The standard InChI is InChI=1S/C24H27N5O/c1-16-17(2)27-28(3)20(16)23(30)29-13-7-11-24(15-29)12-10-19-14-25-22(26-21(19)24)18-8-5-4-6-9-18/h4-6,8-9,14H,7,10-13,15H2,1-3H3. The Morgan fingerprint density at radius 2 is 1.93 bits per heavy atom. The summed E-state index contributed by atoms with van der Waals surface area (Å²) in [5, 5.41) is 4.45. The third-order valence-electron chi connectivity index (χ3n) is 6.86. The number of rotatable bonds is 2. The van der Waals surface area contributed by atoms with Crippen LogP contribution < -0.4 is 0 Å². The number of fused-ring (bicyclic) bond motifs is 2. The van der Waals surface area contributed by atoms with E-state index in [4.69, 9.17) is 4.98 Å². The monoisotopic (exact) mass is 401 g/mol. The molecular formula is C24H27N5O. The first-order valence-electron chi connectivity index (χ1n) is 10.7. The average molecular weight is 402 g/mol. The lowest BCUT2D eigenvalue weighted by atomic mass is 9.77. The Hall–Kier alpha value is -3.02. The third-order valence-corrected chi connectivity index (χ3v) is 6.86.